The summed E-state index contributed by atoms with van der Waals surface area (Å²) in [5.74, 6) is 0.566. The van der Waals surface area contributed by atoms with Gasteiger partial charge < -0.3 is 20.5 Å². The highest BCUT2D eigenvalue weighted by Gasteiger charge is 2.35. The van der Waals surface area contributed by atoms with Crippen molar-refractivity contribution in [3.8, 4) is 5.75 Å². The van der Waals surface area contributed by atoms with E-state index in [1.807, 2.05) is 0 Å². The molecule has 2 heterocycles. The van der Waals surface area contributed by atoms with Crippen molar-refractivity contribution < 1.29 is 19.0 Å². The van der Waals surface area contributed by atoms with Crippen molar-refractivity contribution in [3.63, 3.8) is 0 Å². The van der Waals surface area contributed by atoms with Crippen LogP contribution < -0.4 is 15.4 Å². The Hall–Kier alpha value is -3.72. The van der Waals surface area contributed by atoms with Gasteiger partial charge in [0.2, 0.25) is 5.95 Å². The standard InChI is InChI=1S/C23H24FN5O3/c1-14-20(22(31)26-17-10-5-6-11-18(17)32-2)21(15-8-3-4-9-16(15)24)29-23(25-14)27-19(28-29)12-7-13-30/h3-6,8-11,21,30H,7,12-13H2,1-2H3,(H,26,31)(H,25,27,28). The Labute approximate surface area is 184 Å². The number of allylic oxidation sites excluding steroid dienone is 1. The summed E-state index contributed by atoms with van der Waals surface area (Å²) in [6, 6.07) is 12.5. The van der Waals surface area contributed by atoms with Crippen molar-refractivity contribution in [2.75, 3.05) is 24.4 Å². The molecule has 1 unspecified atom stereocenters. The minimum Gasteiger partial charge on any atom is -0.495 e. The first kappa shape index (κ1) is 21.5. The predicted octanol–water partition coefficient (Wildman–Crippen LogP) is 3.28. The predicted molar refractivity (Wildman–Crippen MR) is 118 cm³/mol. The first-order chi connectivity index (χ1) is 15.5. The number of nitrogens with zero attached hydrogens (tertiary/aromatic N) is 3. The zero-order chi connectivity index (χ0) is 22.7. The lowest BCUT2D eigenvalue weighted by molar-refractivity contribution is -0.113. The second-order valence-corrected chi connectivity index (χ2v) is 7.37. The summed E-state index contributed by atoms with van der Waals surface area (Å²) in [6.45, 7) is 1.76. The molecule has 0 aliphatic carbocycles. The SMILES string of the molecule is COc1ccccc1NC(=O)C1=C(C)Nc2nc(CCCO)nn2C1c1ccccc1F. The lowest BCUT2D eigenvalue weighted by atomic mass is 9.94. The van der Waals surface area contributed by atoms with Crippen LogP contribution in [0.5, 0.6) is 5.75 Å². The van der Waals surface area contributed by atoms with E-state index < -0.39 is 17.8 Å². The molecule has 3 N–H and O–H groups in total. The quantitative estimate of drug-likeness (QED) is 0.524. The molecule has 4 rings (SSSR count). The maximum atomic E-state index is 14.9. The average Bonchev–Trinajstić information content (AvgIpc) is 3.19. The third-order valence-corrected chi connectivity index (χ3v) is 5.25. The van der Waals surface area contributed by atoms with Gasteiger partial charge in [-0.1, -0.05) is 30.3 Å². The number of benzene rings is 2. The van der Waals surface area contributed by atoms with Crippen LogP contribution in [0.4, 0.5) is 16.0 Å². The Morgan fingerprint density at radius 3 is 2.75 bits per heavy atom. The van der Waals surface area contributed by atoms with E-state index >= 15 is 0 Å². The molecule has 8 nitrogen and oxygen atoms in total. The highest BCUT2D eigenvalue weighted by Crippen LogP contribution is 2.37. The number of anilines is 2. The maximum absolute atomic E-state index is 14.9. The summed E-state index contributed by atoms with van der Waals surface area (Å²) in [7, 11) is 1.52. The number of aryl methyl sites for hydroxylation is 1. The maximum Gasteiger partial charge on any atom is 0.255 e. The van der Waals surface area contributed by atoms with Gasteiger partial charge in [0.15, 0.2) is 5.82 Å². The summed E-state index contributed by atoms with van der Waals surface area (Å²) < 4.78 is 21.8. The number of aliphatic hydroxyl groups is 1. The van der Waals surface area contributed by atoms with Crippen LogP contribution >= 0.6 is 0 Å². The molecule has 1 aliphatic rings. The number of methoxy groups -OCH3 is 1. The smallest absolute Gasteiger partial charge is 0.255 e. The van der Waals surface area contributed by atoms with Gasteiger partial charge in [-0.25, -0.2) is 9.07 Å². The Bertz CT molecular complexity index is 1170. The molecular weight excluding hydrogens is 413 g/mol. The van der Waals surface area contributed by atoms with E-state index in [9.17, 15) is 9.18 Å². The number of carbonyl (C=O) groups excluding carboxylic acids is 1. The molecule has 1 aliphatic heterocycles. The Kier molecular flexibility index (Phi) is 6.18. The number of nitrogens with one attached hydrogen (secondary N) is 2. The van der Waals surface area contributed by atoms with E-state index in [1.54, 1.807) is 49.4 Å². The van der Waals surface area contributed by atoms with Crippen LogP contribution in [-0.2, 0) is 11.2 Å². The molecule has 0 fully saturated rings. The molecule has 0 radical (unpaired) electrons. The molecule has 2 aromatic carbocycles. The van der Waals surface area contributed by atoms with Crippen LogP contribution in [0, 0.1) is 5.82 Å². The van der Waals surface area contributed by atoms with Crippen molar-refractivity contribution in [2.24, 2.45) is 0 Å². The molecule has 0 saturated heterocycles. The van der Waals surface area contributed by atoms with E-state index in [2.05, 4.69) is 20.7 Å². The fourth-order valence-electron chi connectivity index (χ4n) is 3.75. The largest absolute Gasteiger partial charge is 0.495 e. The fourth-order valence-corrected chi connectivity index (χ4v) is 3.75. The highest BCUT2D eigenvalue weighted by atomic mass is 19.1. The molecule has 0 bridgehead atoms. The molecule has 1 aromatic heterocycles. The normalized spacial score (nSPS) is 15.2. The second kappa shape index (κ2) is 9.19. The van der Waals surface area contributed by atoms with Crippen molar-refractivity contribution in [1.29, 1.82) is 0 Å². The van der Waals surface area contributed by atoms with Gasteiger partial charge >= 0.3 is 0 Å². The van der Waals surface area contributed by atoms with E-state index in [0.29, 0.717) is 52.9 Å². The number of hydrogen-bond acceptors (Lipinski definition) is 6. The van der Waals surface area contributed by atoms with Gasteiger partial charge in [0, 0.05) is 24.3 Å². The third-order valence-electron chi connectivity index (χ3n) is 5.25. The lowest BCUT2D eigenvalue weighted by Crippen LogP contribution is -2.32. The number of amides is 1. The molecule has 1 atom stereocenters. The fraction of sp³-hybridized carbons (Fsp3) is 0.261. The molecule has 1 amide bonds. The van der Waals surface area contributed by atoms with Crippen LogP contribution in [-0.4, -0.2) is 39.5 Å². The van der Waals surface area contributed by atoms with Gasteiger partial charge in [-0.2, -0.15) is 10.1 Å². The zero-order valence-electron chi connectivity index (χ0n) is 17.8. The summed E-state index contributed by atoms with van der Waals surface area (Å²) in [5, 5.41) is 19.6. The summed E-state index contributed by atoms with van der Waals surface area (Å²) >= 11 is 0. The number of aromatic nitrogens is 3. The van der Waals surface area contributed by atoms with Crippen LogP contribution in [0.15, 0.2) is 59.8 Å². The van der Waals surface area contributed by atoms with Crippen LogP contribution in [0.3, 0.4) is 0 Å². The number of rotatable bonds is 7. The van der Waals surface area contributed by atoms with E-state index in [1.165, 1.54) is 17.9 Å². The van der Waals surface area contributed by atoms with Gasteiger partial charge in [0.25, 0.3) is 5.91 Å². The van der Waals surface area contributed by atoms with E-state index in [4.69, 9.17) is 9.84 Å². The topological polar surface area (TPSA) is 101 Å². The van der Waals surface area contributed by atoms with Crippen molar-refractivity contribution in [3.05, 3.63) is 77.0 Å². The van der Waals surface area contributed by atoms with Crippen molar-refractivity contribution in [1.82, 2.24) is 14.8 Å². The highest BCUT2D eigenvalue weighted by molar-refractivity contribution is 6.06. The number of fused-ring (bicyclic) bond motifs is 1. The second-order valence-electron chi connectivity index (χ2n) is 7.37. The van der Waals surface area contributed by atoms with Crippen LogP contribution in [0.1, 0.15) is 30.8 Å². The Balaban J connectivity index is 1.78. The molecular formula is C23H24FN5O3. The first-order valence-corrected chi connectivity index (χ1v) is 10.3. The number of hydrogen-bond donors (Lipinski definition) is 3. The average molecular weight is 437 g/mol. The minimum absolute atomic E-state index is 0.0118. The first-order valence-electron chi connectivity index (χ1n) is 10.3. The number of halogens is 1. The van der Waals surface area contributed by atoms with Gasteiger partial charge in [-0.3, -0.25) is 4.79 Å². The van der Waals surface area contributed by atoms with Gasteiger partial charge in [-0.05, 0) is 31.5 Å². The molecule has 0 spiro atoms. The molecule has 0 saturated carbocycles. The summed E-state index contributed by atoms with van der Waals surface area (Å²) in [6.07, 6.45) is 0.964. The van der Waals surface area contributed by atoms with Gasteiger partial charge in [0.05, 0.1) is 18.4 Å². The summed E-state index contributed by atoms with van der Waals surface area (Å²) in [5.41, 5.74) is 1.66. The van der Waals surface area contributed by atoms with Gasteiger partial charge in [0.1, 0.15) is 17.6 Å². The third kappa shape index (κ3) is 4.06. The van der Waals surface area contributed by atoms with Crippen molar-refractivity contribution in [2.45, 2.75) is 25.8 Å². The van der Waals surface area contributed by atoms with E-state index in [-0.39, 0.29) is 6.61 Å². The molecule has 9 heteroatoms. The minimum atomic E-state index is -0.822. The lowest BCUT2D eigenvalue weighted by Gasteiger charge is -2.29. The number of carbonyl (C=O) groups is 1. The van der Waals surface area contributed by atoms with Crippen LogP contribution in [0.25, 0.3) is 0 Å². The summed E-state index contributed by atoms with van der Waals surface area (Å²) in [4.78, 5) is 17.9. The monoisotopic (exact) mass is 437 g/mol. The molecule has 3 aromatic rings. The van der Waals surface area contributed by atoms with Crippen molar-refractivity contribution >= 4 is 17.5 Å². The Morgan fingerprint density at radius 1 is 1.25 bits per heavy atom. The Morgan fingerprint density at radius 2 is 2.00 bits per heavy atom. The van der Waals surface area contributed by atoms with Gasteiger partial charge in [-0.15, -0.1) is 0 Å². The molecule has 166 valence electrons. The van der Waals surface area contributed by atoms with E-state index in [0.717, 1.165) is 0 Å². The number of aliphatic hydroxyl groups excluding tert-OH is 1. The number of ether oxygens (including phenoxy) is 1. The molecule has 32 heavy (non-hydrogen) atoms. The van der Waals surface area contributed by atoms with Crippen LogP contribution in [0.2, 0.25) is 0 Å². The number of para-hydroxylation sites is 2. The zero-order valence-corrected chi connectivity index (χ0v) is 17.8.